The molecule has 0 amide bonds. The van der Waals surface area contributed by atoms with Crippen LogP contribution in [0.1, 0.15) is 31.5 Å². The van der Waals surface area contributed by atoms with Crippen LogP contribution in [0.25, 0.3) is 21.8 Å². The number of fused-ring (bicyclic) bond motifs is 3. The highest BCUT2D eigenvalue weighted by molar-refractivity contribution is 6.09. The number of nitrogens with zero attached hydrogens (tertiary/aromatic N) is 2. The smallest absolute Gasteiger partial charge is 0.121 e. The zero-order valence-electron chi connectivity index (χ0n) is 17.5. The normalized spacial score (nSPS) is 11.1. The van der Waals surface area contributed by atoms with Crippen molar-refractivity contribution in [2.45, 2.75) is 40.2 Å². The SMILES string of the molecule is CC(C)=CCOc1ccc2c3ccnc(C)c3n(CCCc3ccccc3)c2c1. The van der Waals surface area contributed by atoms with Gasteiger partial charge in [0.1, 0.15) is 12.4 Å². The number of pyridine rings is 1. The van der Waals surface area contributed by atoms with Crippen molar-refractivity contribution < 1.29 is 4.74 Å². The Morgan fingerprint density at radius 2 is 1.86 bits per heavy atom. The number of hydrogen-bond acceptors (Lipinski definition) is 2. The van der Waals surface area contributed by atoms with E-state index in [0.29, 0.717) is 6.61 Å². The summed E-state index contributed by atoms with van der Waals surface area (Å²) < 4.78 is 8.39. The molecule has 0 fully saturated rings. The van der Waals surface area contributed by atoms with Gasteiger partial charge in [-0.2, -0.15) is 0 Å². The molecule has 4 rings (SSSR count). The summed E-state index contributed by atoms with van der Waals surface area (Å²) in [4.78, 5) is 4.56. The summed E-state index contributed by atoms with van der Waals surface area (Å²) in [6.45, 7) is 7.84. The second-order valence-corrected chi connectivity index (χ2v) is 7.80. The molecular weight excluding hydrogens is 356 g/mol. The molecule has 3 heteroatoms. The molecule has 3 nitrogen and oxygen atoms in total. The maximum absolute atomic E-state index is 5.97. The molecule has 0 aliphatic carbocycles. The summed E-state index contributed by atoms with van der Waals surface area (Å²) in [5, 5.41) is 2.53. The molecule has 148 valence electrons. The molecule has 2 aromatic carbocycles. The average Bonchev–Trinajstić information content (AvgIpc) is 3.03. The predicted molar refractivity (Wildman–Crippen MR) is 122 cm³/mol. The molecule has 0 aliphatic rings. The fourth-order valence-electron chi connectivity index (χ4n) is 3.91. The summed E-state index contributed by atoms with van der Waals surface area (Å²) in [5.74, 6) is 0.910. The summed E-state index contributed by atoms with van der Waals surface area (Å²) in [6.07, 6.45) is 6.16. The standard InChI is InChI=1S/C26H28N2O/c1-19(2)14-17-29-22-11-12-23-24-13-15-27-20(3)26(24)28(25(23)18-22)16-7-10-21-8-5-4-6-9-21/h4-6,8-9,11-15,18H,7,10,16-17H2,1-3H3. The van der Waals surface area contributed by atoms with Gasteiger partial charge in [-0.25, -0.2) is 0 Å². The molecule has 4 aromatic rings. The Balaban J connectivity index is 1.69. The summed E-state index contributed by atoms with van der Waals surface area (Å²) in [6, 6.07) is 19.3. The Bertz CT molecular complexity index is 1150. The van der Waals surface area contributed by atoms with Gasteiger partial charge in [0.25, 0.3) is 0 Å². The number of allylic oxidation sites excluding steroid dienone is 1. The van der Waals surface area contributed by atoms with E-state index in [1.807, 2.05) is 6.20 Å². The third kappa shape index (κ3) is 4.19. The van der Waals surface area contributed by atoms with E-state index in [1.165, 1.54) is 32.9 Å². The molecule has 0 saturated heterocycles. The molecule has 0 atom stereocenters. The maximum Gasteiger partial charge on any atom is 0.121 e. The Labute approximate surface area is 172 Å². The fourth-order valence-corrected chi connectivity index (χ4v) is 3.91. The molecule has 2 aromatic heterocycles. The minimum absolute atomic E-state index is 0.600. The lowest BCUT2D eigenvalue weighted by Crippen LogP contribution is -2.01. The third-order valence-corrected chi connectivity index (χ3v) is 5.36. The monoisotopic (exact) mass is 384 g/mol. The Kier molecular flexibility index (Phi) is 5.66. The summed E-state index contributed by atoms with van der Waals surface area (Å²) >= 11 is 0. The number of ether oxygens (including phenoxy) is 1. The van der Waals surface area contributed by atoms with Crippen LogP contribution in [0.15, 0.2) is 72.4 Å². The van der Waals surface area contributed by atoms with E-state index in [9.17, 15) is 0 Å². The molecule has 29 heavy (non-hydrogen) atoms. The van der Waals surface area contributed by atoms with E-state index in [4.69, 9.17) is 4.74 Å². The fraction of sp³-hybridized carbons (Fsp3) is 0.269. The quantitative estimate of drug-likeness (QED) is 0.341. The van der Waals surface area contributed by atoms with Crippen molar-refractivity contribution in [1.29, 1.82) is 0 Å². The topological polar surface area (TPSA) is 27.1 Å². The van der Waals surface area contributed by atoms with Crippen molar-refractivity contribution >= 4 is 21.8 Å². The van der Waals surface area contributed by atoms with Crippen molar-refractivity contribution in [3.8, 4) is 5.75 Å². The first-order valence-corrected chi connectivity index (χ1v) is 10.3. The summed E-state index contributed by atoms with van der Waals surface area (Å²) in [7, 11) is 0. The number of benzene rings is 2. The van der Waals surface area contributed by atoms with E-state index < -0.39 is 0 Å². The summed E-state index contributed by atoms with van der Waals surface area (Å²) in [5.41, 5.74) is 6.18. The van der Waals surface area contributed by atoms with Crippen molar-refractivity contribution in [2.75, 3.05) is 6.61 Å². The minimum Gasteiger partial charge on any atom is -0.489 e. The highest BCUT2D eigenvalue weighted by Crippen LogP contribution is 2.33. The van der Waals surface area contributed by atoms with Gasteiger partial charge in [-0.15, -0.1) is 0 Å². The second-order valence-electron chi connectivity index (χ2n) is 7.80. The van der Waals surface area contributed by atoms with Gasteiger partial charge in [0.15, 0.2) is 0 Å². The van der Waals surface area contributed by atoms with Crippen molar-refractivity contribution in [1.82, 2.24) is 9.55 Å². The van der Waals surface area contributed by atoms with Gasteiger partial charge >= 0.3 is 0 Å². The van der Waals surface area contributed by atoms with E-state index in [2.05, 4.69) is 91.0 Å². The molecule has 0 saturated carbocycles. The number of hydrogen-bond donors (Lipinski definition) is 0. The zero-order chi connectivity index (χ0) is 20.2. The van der Waals surface area contributed by atoms with Crippen LogP contribution in [0.4, 0.5) is 0 Å². The Morgan fingerprint density at radius 1 is 1.03 bits per heavy atom. The van der Waals surface area contributed by atoms with Crippen molar-refractivity contribution in [3.63, 3.8) is 0 Å². The lowest BCUT2D eigenvalue weighted by molar-refractivity contribution is 0.362. The molecule has 0 spiro atoms. The van der Waals surface area contributed by atoms with Crippen molar-refractivity contribution in [2.24, 2.45) is 0 Å². The van der Waals surface area contributed by atoms with E-state index in [1.54, 1.807) is 0 Å². The van der Waals surface area contributed by atoms with Gasteiger partial charge in [-0.1, -0.05) is 35.9 Å². The van der Waals surface area contributed by atoms with Gasteiger partial charge in [0.2, 0.25) is 0 Å². The van der Waals surface area contributed by atoms with Crippen LogP contribution in [0.5, 0.6) is 5.75 Å². The van der Waals surface area contributed by atoms with Crippen LogP contribution in [-0.2, 0) is 13.0 Å². The first-order valence-electron chi connectivity index (χ1n) is 10.3. The van der Waals surface area contributed by atoms with Gasteiger partial charge in [-0.3, -0.25) is 4.98 Å². The molecule has 0 bridgehead atoms. The van der Waals surface area contributed by atoms with Crippen molar-refractivity contribution in [3.05, 3.63) is 83.7 Å². The molecule has 2 heterocycles. The van der Waals surface area contributed by atoms with Gasteiger partial charge in [0.05, 0.1) is 16.7 Å². The van der Waals surface area contributed by atoms with Gasteiger partial charge in [0, 0.05) is 29.6 Å². The molecule has 0 N–H and O–H groups in total. The lowest BCUT2D eigenvalue weighted by Gasteiger charge is -2.10. The number of aryl methyl sites for hydroxylation is 3. The molecule has 0 aliphatic heterocycles. The maximum atomic E-state index is 5.97. The van der Waals surface area contributed by atoms with Gasteiger partial charge < -0.3 is 9.30 Å². The largest absolute Gasteiger partial charge is 0.489 e. The number of rotatable bonds is 7. The van der Waals surface area contributed by atoms with Crippen LogP contribution >= 0.6 is 0 Å². The number of aromatic nitrogens is 2. The van der Waals surface area contributed by atoms with Crippen LogP contribution in [0.3, 0.4) is 0 Å². The molecule has 0 radical (unpaired) electrons. The second kappa shape index (κ2) is 8.52. The highest BCUT2D eigenvalue weighted by atomic mass is 16.5. The lowest BCUT2D eigenvalue weighted by atomic mass is 10.1. The Hall–Kier alpha value is -3.07. The highest BCUT2D eigenvalue weighted by Gasteiger charge is 2.14. The molecular formula is C26H28N2O. The predicted octanol–water partition coefficient (Wildman–Crippen LogP) is 6.48. The van der Waals surface area contributed by atoms with Crippen LogP contribution in [-0.4, -0.2) is 16.2 Å². The average molecular weight is 385 g/mol. The van der Waals surface area contributed by atoms with Crippen LogP contribution in [0, 0.1) is 6.92 Å². The first kappa shape index (κ1) is 19.3. The van der Waals surface area contributed by atoms with Crippen LogP contribution < -0.4 is 4.74 Å². The van der Waals surface area contributed by atoms with Gasteiger partial charge in [-0.05, 0) is 63.5 Å². The van der Waals surface area contributed by atoms with Crippen LogP contribution in [0.2, 0.25) is 0 Å². The third-order valence-electron chi connectivity index (χ3n) is 5.36. The van der Waals surface area contributed by atoms with E-state index in [-0.39, 0.29) is 0 Å². The zero-order valence-corrected chi connectivity index (χ0v) is 17.5. The minimum atomic E-state index is 0.600. The molecule has 0 unspecified atom stereocenters. The van der Waals surface area contributed by atoms with E-state index in [0.717, 1.165) is 30.8 Å². The first-order chi connectivity index (χ1) is 14.1. The van der Waals surface area contributed by atoms with E-state index >= 15 is 0 Å². The Morgan fingerprint density at radius 3 is 2.66 bits per heavy atom.